The number of halogens is 2. The van der Waals surface area contributed by atoms with Gasteiger partial charge in [-0.05, 0) is 38.8 Å². The lowest BCUT2D eigenvalue weighted by atomic mass is 10.3. The summed E-state index contributed by atoms with van der Waals surface area (Å²) in [4.78, 5) is 16.0. The minimum atomic E-state index is -0.323. The summed E-state index contributed by atoms with van der Waals surface area (Å²) in [5, 5.41) is 9.22. The molecular formula is C18H28FIN4O2. The second-order valence-electron chi connectivity index (χ2n) is 6.10. The third-order valence-corrected chi connectivity index (χ3v) is 3.65. The fraction of sp³-hybridized carbons (Fsp3) is 0.556. The maximum atomic E-state index is 13.2. The molecule has 1 saturated carbocycles. The van der Waals surface area contributed by atoms with Crippen LogP contribution >= 0.6 is 24.0 Å². The molecule has 1 aliphatic carbocycles. The first-order chi connectivity index (χ1) is 12.1. The summed E-state index contributed by atoms with van der Waals surface area (Å²) in [6.07, 6.45) is 1.82. The zero-order valence-corrected chi connectivity index (χ0v) is 17.6. The fourth-order valence-corrected chi connectivity index (χ4v) is 2.23. The molecule has 2 rings (SSSR count). The molecule has 0 saturated heterocycles. The molecule has 1 fully saturated rings. The second kappa shape index (κ2) is 11.9. The van der Waals surface area contributed by atoms with Crippen molar-refractivity contribution in [3.8, 4) is 5.75 Å². The van der Waals surface area contributed by atoms with Crippen molar-refractivity contribution in [1.82, 2.24) is 16.0 Å². The Labute approximate surface area is 171 Å². The molecule has 6 nitrogen and oxygen atoms in total. The molecule has 0 heterocycles. The van der Waals surface area contributed by atoms with Crippen molar-refractivity contribution < 1.29 is 13.9 Å². The van der Waals surface area contributed by atoms with Gasteiger partial charge in [-0.2, -0.15) is 0 Å². The third kappa shape index (κ3) is 8.68. The Kier molecular flexibility index (Phi) is 10.3. The first-order valence-electron chi connectivity index (χ1n) is 8.80. The number of hydrogen-bond donors (Lipinski definition) is 3. The van der Waals surface area contributed by atoms with Crippen molar-refractivity contribution in [3.63, 3.8) is 0 Å². The van der Waals surface area contributed by atoms with Gasteiger partial charge in [0.25, 0.3) is 0 Å². The van der Waals surface area contributed by atoms with Gasteiger partial charge >= 0.3 is 0 Å². The summed E-state index contributed by atoms with van der Waals surface area (Å²) >= 11 is 0. The average Bonchev–Trinajstić information content (AvgIpc) is 3.41. The van der Waals surface area contributed by atoms with Crippen LogP contribution in [0.4, 0.5) is 4.39 Å². The number of hydrogen-bond acceptors (Lipinski definition) is 3. The van der Waals surface area contributed by atoms with Gasteiger partial charge in [0, 0.05) is 31.6 Å². The van der Waals surface area contributed by atoms with E-state index in [1.54, 1.807) is 12.1 Å². The summed E-state index contributed by atoms with van der Waals surface area (Å²) in [5.41, 5.74) is 0. The van der Waals surface area contributed by atoms with E-state index < -0.39 is 0 Å². The number of nitrogens with zero attached hydrogens (tertiary/aromatic N) is 1. The topological polar surface area (TPSA) is 74.8 Å². The van der Waals surface area contributed by atoms with Crippen molar-refractivity contribution >= 4 is 35.8 Å². The van der Waals surface area contributed by atoms with Crippen molar-refractivity contribution in [2.45, 2.75) is 32.8 Å². The molecule has 0 bridgehead atoms. The Morgan fingerprint density at radius 1 is 1.31 bits per heavy atom. The smallest absolute Gasteiger partial charge is 0.223 e. The number of ether oxygens (including phenoxy) is 1. The maximum absolute atomic E-state index is 13.2. The number of guanidine groups is 1. The standard InChI is InChI=1S/C18H27FN4O2.HI/c1-3-20-18(22-10-9-21-17(24)14-7-8-14)23-12-13(2)25-16-6-4-5-15(19)11-16;/h4-6,11,13-14H,3,7-10,12H2,1-2H3,(H,21,24)(H2,20,22,23);1H. The predicted molar refractivity (Wildman–Crippen MR) is 112 cm³/mol. The number of aliphatic imine (C=N–C) groups is 1. The first kappa shape index (κ1) is 22.5. The largest absolute Gasteiger partial charge is 0.489 e. The van der Waals surface area contributed by atoms with Gasteiger partial charge in [0.2, 0.25) is 5.91 Å². The Balaban J connectivity index is 0.00000338. The molecule has 146 valence electrons. The fourth-order valence-electron chi connectivity index (χ4n) is 2.23. The highest BCUT2D eigenvalue weighted by molar-refractivity contribution is 14.0. The van der Waals surface area contributed by atoms with Crippen LogP contribution in [0.1, 0.15) is 26.7 Å². The molecule has 1 aromatic rings. The van der Waals surface area contributed by atoms with E-state index in [1.807, 2.05) is 13.8 Å². The minimum Gasteiger partial charge on any atom is -0.489 e. The van der Waals surface area contributed by atoms with E-state index in [9.17, 15) is 9.18 Å². The SMILES string of the molecule is CCNC(=NCC(C)Oc1cccc(F)c1)NCCNC(=O)C1CC1.I. The second-order valence-corrected chi connectivity index (χ2v) is 6.10. The highest BCUT2D eigenvalue weighted by Crippen LogP contribution is 2.28. The number of carbonyl (C=O) groups is 1. The van der Waals surface area contributed by atoms with Crippen LogP contribution in [-0.4, -0.2) is 44.1 Å². The normalized spacial score (nSPS) is 14.8. The van der Waals surface area contributed by atoms with E-state index in [2.05, 4.69) is 20.9 Å². The summed E-state index contributed by atoms with van der Waals surface area (Å²) in [6.45, 7) is 6.20. The van der Waals surface area contributed by atoms with E-state index in [-0.39, 0.29) is 47.7 Å². The van der Waals surface area contributed by atoms with Crippen molar-refractivity contribution in [1.29, 1.82) is 0 Å². The lowest BCUT2D eigenvalue weighted by molar-refractivity contribution is -0.122. The van der Waals surface area contributed by atoms with Gasteiger partial charge < -0.3 is 20.7 Å². The predicted octanol–water partition coefficient (Wildman–Crippen LogP) is 2.29. The highest BCUT2D eigenvalue weighted by Gasteiger charge is 2.28. The van der Waals surface area contributed by atoms with Gasteiger partial charge in [-0.3, -0.25) is 4.79 Å². The summed E-state index contributed by atoms with van der Waals surface area (Å²) in [6, 6.07) is 6.06. The van der Waals surface area contributed by atoms with Crippen LogP contribution < -0.4 is 20.7 Å². The van der Waals surface area contributed by atoms with E-state index in [4.69, 9.17) is 4.74 Å². The van der Waals surface area contributed by atoms with Gasteiger partial charge in [0.15, 0.2) is 5.96 Å². The molecule has 0 radical (unpaired) electrons. The van der Waals surface area contributed by atoms with Crippen LogP contribution in [0.2, 0.25) is 0 Å². The van der Waals surface area contributed by atoms with Gasteiger partial charge in [-0.1, -0.05) is 6.07 Å². The zero-order valence-electron chi connectivity index (χ0n) is 15.3. The molecule has 0 spiro atoms. The Morgan fingerprint density at radius 3 is 2.69 bits per heavy atom. The molecule has 26 heavy (non-hydrogen) atoms. The summed E-state index contributed by atoms with van der Waals surface area (Å²) in [7, 11) is 0. The van der Waals surface area contributed by atoms with Crippen LogP contribution in [0.5, 0.6) is 5.75 Å². The number of rotatable bonds is 9. The molecule has 1 aromatic carbocycles. The van der Waals surface area contributed by atoms with Crippen LogP contribution in [-0.2, 0) is 4.79 Å². The molecule has 0 aliphatic heterocycles. The molecule has 1 aliphatic rings. The lowest BCUT2D eigenvalue weighted by Gasteiger charge is -2.15. The van der Waals surface area contributed by atoms with Gasteiger partial charge in [0.1, 0.15) is 17.7 Å². The molecule has 1 amide bonds. The van der Waals surface area contributed by atoms with Crippen LogP contribution in [0.3, 0.4) is 0 Å². The summed E-state index contributed by atoms with van der Waals surface area (Å²) < 4.78 is 18.8. The molecule has 0 aromatic heterocycles. The van der Waals surface area contributed by atoms with Gasteiger partial charge in [-0.25, -0.2) is 9.38 Å². The van der Waals surface area contributed by atoms with Gasteiger partial charge in [0.05, 0.1) is 6.54 Å². The first-order valence-corrected chi connectivity index (χ1v) is 8.80. The van der Waals surface area contributed by atoms with E-state index >= 15 is 0 Å². The molecule has 1 atom stereocenters. The van der Waals surface area contributed by atoms with Crippen LogP contribution in [0, 0.1) is 11.7 Å². The minimum absolute atomic E-state index is 0. The Bertz CT molecular complexity index is 596. The highest BCUT2D eigenvalue weighted by atomic mass is 127. The van der Waals surface area contributed by atoms with Crippen LogP contribution in [0.15, 0.2) is 29.3 Å². The average molecular weight is 478 g/mol. The third-order valence-electron chi connectivity index (χ3n) is 3.65. The van der Waals surface area contributed by atoms with E-state index in [1.165, 1.54) is 12.1 Å². The Hall–Kier alpha value is -1.58. The van der Waals surface area contributed by atoms with Crippen molar-refractivity contribution in [3.05, 3.63) is 30.1 Å². The number of carbonyl (C=O) groups excluding carboxylic acids is 1. The summed E-state index contributed by atoms with van der Waals surface area (Å²) in [5.74, 6) is 1.20. The zero-order chi connectivity index (χ0) is 18.1. The van der Waals surface area contributed by atoms with Gasteiger partial charge in [-0.15, -0.1) is 24.0 Å². The molecule has 3 N–H and O–H groups in total. The molecular weight excluding hydrogens is 450 g/mol. The van der Waals surface area contributed by atoms with E-state index in [0.29, 0.717) is 31.3 Å². The molecule has 8 heteroatoms. The van der Waals surface area contributed by atoms with E-state index in [0.717, 1.165) is 19.4 Å². The molecule has 1 unspecified atom stereocenters. The lowest BCUT2D eigenvalue weighted by Crippen LogP contribution is -2.42. The number of benzene rings is 1. The van der Waals surface area contributed by atoms with Crippen molar-refractivity contribution in [2.24, 2.45) is 10.9 Å². The van der Waals surface area contributed by atoms with Crippen LogP contribution in [0.25, 0.3) is 0 Å². The number of nitrogens with one attached hydrogen (secondary N) is 3. The number of amides is 1. The quantitative estimate of drug-likeness (QED) is 0.221. The monoisotopic (exact) mass is 478 g/mol. The Morgan fingerprint density at radius 2 is 2.04 bits per heavy atom. The maximum Gasteiger partial charge on any atom is 0.223 e. The van der Waals surface area contributed by atoms with Crippen molar-refractivity contribution in [2.75, 3.05) is 26.2 Å².